The number of rotatable bonds is 5. The largest absolute Gasteiger partial charge is 0.352 e. The van der Waals surface area contributed by atoms with E-state index in [1.165, 1.54) is 5.56 Å². The smallest absolute Gasteiger partial charge is 0.215 e. The van der Waals surface area contributed by atoms with Crippen molar-refractivity contribution in [3.05, 3.63) is 101 Å². The van der Waals surface area contributed by atoms with Gasteiger partial charge < -0.3 is 4.90 Å². The molecular formula is C26H23ClN4O. The van der Waals surface area contributed by atoms with Gasteiger partial charge in [-0.15, -0.1) is 0 Å². The van der Waals surface area contributed by atoms with E-state index in [1.54, 1.807) is 24.3 Å². The van der Waals surface area contributed by atoms with Gasteiger partial charge in [0.25, 0.3) is 0 Å². The molecule has 5 rings (SSSR count). The highest BCUT2D eigenvalue weighted by molar-refractivity contribution is 6.30. The number of halogens is 1. The molecule has 1 aliphatic heterocycles. The molecule has 0 aliphatic carbocycles. The van der Waals surface area contributed by atoms with Gasteiger partial charge in [0.2, 0.25) is 5.78 Å². The Balaban J connectivity index is 1.43. The number of benzene rings is 3. The number of ketones is 1. The van der Waals surface area contributed by atoms with Gasteiger partial charge in [0.1, 0.15) is 0 Å². The van der Waals surface area contributed by atoms with Gasteiger partial charge >= 0.3 is 0 Å². The number of carbonyl (C=O) groups excluding carboxylic acids is 1. The lowest BCUT2D eigenvalue weighted by Crippen LogP contribution is -2.46. The molecule has 6 heteroatoms. The molecule has 1 fully saturated rings. The maximum atomic E-state index is 13.4. The first-order valence-corrected chi connectivity index (χ1v) is 11.1. The number of anilines is 1. The summed E-state index contributed by atoms with van der Waals surface area (Å²) in [5.74, 6) is 0.518. The monoisotopic (exact) mass is 442 g/mol. The second kappa shape index (κ2) is 9.07. The van der Waals surface area contributed by atoms with E-state index in [0.717, 1.165) is 43.8 Å². The van der Waals surface area contributed by atoms with Crippen molar-refractivity contribution in [1.29, 1.82) is 0 Å². The molecular weight excluding hydrogens is 420 g/mol. The van der Waals surface area contributed by atoms with Crippen LogP contribution in [0.15, 0.2) is 78.9 Å². The molecule has 5 nitrogen and oxygen atoms in total. The minimum Gasteiger partial charge on any atom is -0.352 e. The number of nitrogens with zero attached hydrogens (tertiary/aromatic N) is 4. The van der Waals surface area contributed by atoms with Crippen LogP contribution in [-0.2, 0) is 6.54 Å². The lowest BCUT2D eigenvalue weighted by molar-refractivity contribution is 0.103. The van der Waals surface area contributed by atoms with E-state index in [4.69, 9.17) is 21.6 Å². The molecule has 3 aromatic carbocycles. The average Bonchev–Trinajstić information content (AvgIpc) is 2.84. The Labute approximate surface area is 192 Å². The lowest BCUT2D eigenvalue weighted by Gasteiger charge is -2.36. The van der Waals surface area contributed by atoms with E-state index >= 15 is 0 Å². The maximum Gasteiger partial charge on any atom is 0.215 e. The van der Waals surface area contributed by atoms with E-state index in [-0.39, 0.29) is 5.78 Å². The van der Waals surface area contributed by atoms with Gasteiger partial charge in [-0.25, -0.2) is 9.97 Å². The van der Waals surface area contributed by atoms with Crippen LogP contribution < -0.4 is 4.90 Å². The summed E-state index contributed by atoms with van der Waals surface area (Å²) >= 11 is 6.01. The molecule has 1 saturated heterocycles. The normalized spacial score (nSPS) is 14.6. The van der Waals surface area contributed by atoms with Crippen molar-refractivity contribution in [2.45, 2.75) is 6.54 Å². The Morgan fingerprint density at radius 2 is 1.41 bits per heavy atom. The van der Waals surface area contributed by atoms with Crippen LogP contribution in [0.1, 0.15) is 21.6 Å². The number of para-hydroxylation sites is 2. The van der Waals surface area contributed by atoms with E-state index < -0.39 is 0 Å². The molecule has 2 heterocycles. The van der Waals surface area contributed by atoms with Gasteiger partial charge in [0.15, 0.2) is 11.5 Å². The summed E-state index contributed by atoms with van der Waals surface area (Å²) in [5, 5.41) is 0.598. The Kier molecular flexibility index (Phi) is 5.84. The highest BCUT2D eigenvalue weighted by atomic mass is 35.5. The van der Waals surface area contributed by atoms with Crippen LogP contribution in [0.4, 0.5) is 5.82 Å². The van der Waals surface area contributed by atoms with Gasteiger partial charge in [0, 0.05) is 43.3 Å². The molecule has 0 spiro atoms. The quantitative estimate of drug-likeness (QED) is 0.414. The van der Waals surface area contributed by atoms with Crippen molar-refractivity contribution in [3.8, 4) is 0 Å². The fraction of sp³-hybridized carbons (Fsp3) is 0.192. The molecule has 32 heavy (non-hydrogen) atoms. The fourth-order valence-corrected chi connectivity index (χ4v) is 4.19. The Bertz CT molecular complexity index is 1240. The fourth-order valence-electron chi connectivity index (χ4n) is 4.06. The van der Waals surface area contributed by atoms with Crippen LogP contribution in [0.5, 0.6) is 0 Å². The van der Waals surface area contributed by atoms with Crippen molar-refractivity contribution >= 4 is 34.2 Å². The highest BCUT2D eigenvalue weighted by Crippen LogP contribution is 2.25. The van der Waals surface area contributed by atoms with Gasteiger partial charge in [0.05, 0.1) is 11.0 Å². The molecule has 0 amide bonds. The number of aromatic nitrogens is 2. The molecule has 0 atom stereocenters. The zero-order chi connectivity index (χ0) is 21.9. The first-order valence-electron chi connectivity index (χ1n) is 10.8. The third-order valence-corrected chi connectivity index (χ3v) is 6.05. The first kappa shape index (κ1) is 20.6. The van der Waals surface area contributed by atoms with Crippen molar-refractivity contribution < 1.29 is 4.79 Å². The molecule has 0 bridgehead atoms. The zero-order valence-electron chi connectivity index (χ0n) is 17.6. The van der Waals surface area contributed by atoms with Crippen molar-refractivity contribution in [2.24, 2.45) is 0 Å². The van der Waals surface area contributed by atoms with E-state index in [2.05, 4.69) is 34.1 Å². The summed E-state index contributed by atoms with van der Waals surface area (Å²) in [6, 6.07) is 25.1. The van der Waals surface area contributed by atoms with Crippen LogP contribution >= 0.6 is 11.6 Å². The van der Waals surface area contributed by atoms with Crippen LogP contribution in [-0.4, -0.2) is 46.8 Å². The first-order chi connectivity index (χ1) is 15.7. The van der Waals surface area contributed by atoms with Gasteiger partial charge in [-0.3, -0.25) is 9.69 Å². The Hall–Kier alpha value is -3.28. The van der Waals surface area contributed by atoms with Crippen LogP contribution in [0.3, 0.4) is 0 Å². The van der Waals surface area contributed by atoms with Gasteiger partial charge in [-0.2, -0.15) is 0 Å². The average molecular weight is 443 g/mol. The number of hydrogen-bond acceptors (Lipinski definition) is 5. The minimum absolute atomic E-state index is 0.137. The van der Waals surface area contributed by atoms with Gasteiger partial charge in [-0.05, 0) is 42.0 Å². The molecule has 0 unspecified atom stereocenters. The SMILES string of the molecule is O=C(c1ccc(Cl)cc1)c1nc2ccccc2nc1N1CCN(Cc2ccccc2)CC1. The number of piperazine rings is 1. The maximum absolute atomic E-state index is 13.4. The Morgan fingerprint density at radius 3 is 2.09 bits per heavy atom. The van der Waals surface area contributed by atoms with E-state index in [9.17, 15) is 4.79 Å². The van der Waals surface area contributed by atoms with Crippen molar-refractivity contribution in [2.75, 3.05) is 31.1 Å². The van der Waals surface area contributed by atoms with E-state index in [0.29, 0.717) is 22.1 Å². The zero-order valence-corrected chi connectivity index (χ0v) is 18.4. The second-order valence-electron chi connectivity index (χ2n) is 7.97. The highest BCUT2D eigenvalue weighted by Gasteiger charge is 2.25. The third kappa shape index (κ3) is 4.35. The predicted octanol–water partition coefficient (Wildman–Crippen LogP) is 4.84. The summed E-state index contributed by atoms with van der Waals surface area (Å²) in [6.07, 6.45) is 0. The molecule has 160 valence electrons. The Morgan fingerprint density at radius 1 is 0.781 bits per heavy atom. The predicted molar refractivity (Wildman–Crippen MR) is 128 cm³/mol. The standard InChI is InChI=1S/C26H23ClN4O/c27-21-12-10-20(11-13-21)25(32)24-26(29-23-9-5-4-8-22(23)28-24)31-16-14-30(15-17-31)18-19-6-2-1-3-7-19/h1-13H,14-18H2. The summed E-state index contributed by atoms with van der Waals surface area (Å²) in [7, 11) is 0. The molecule has 4 aromatic rings. The third-order valence-electron chi connectivity index (χ3n) is 5.79. The number of fused-ring (bicyclic) bond motifs is 1. The minimum atomic E-state index is -0.137. The molecule has 0 saturated carbocycles. The summed E-state index contributed by atoms with van der Waals surface area (Å²) in [6.45, 7) is 4.31. The lowest BCUT2D eigenvalue weighted by atomic mass is 10.1. The summed E-state index contributed by atoms with van der Waals surface area (Å²) < 4.78 is 0. The summed E-state index contributed by atoms with van der Waals surface area (Å²) in [5.41, 5.74) is 3.77. The van der Waals surface area contributed by atoms with E-state index in [1.807, 2.05) is 30.3 Å². The van der Waals surface area contributed by atoms with Crippen LogP contribution in [0, 0.1) is 0 Å². The molecule has 1 aromatic heterocycles. The van der Waals surface area contributed by atoms with Crippen molar-refractivity contribution in [3.63, 3.8) is 0 Å². The molecule has 1 aliphatic rings. The van der Waals surface area contributed by atoms with Crippen molar-refractivity contribution in [1.82, 2.24) is 14.9 Å². The summed E-state index contributed by atoms with van der Waals surface area (Å²) in [4.78, 5) is 27.6. The van der Waals surface area contributed by atoms with Crippen LogP contribution in [0.2, 0.25) is 5.02 Å². The second-order valence-corrected chi connectivity index (χ2v) is 8.41. The van der Waals surface area contributed by atoms with Gasteiger partial charge in [-0.1, -0.05) is 54.1 Å². The molecule has 0 radical (unpaired) electrons. The molecule has 0 N–H and O–H groups in total. The number of hydrogen-bond donors (Lipinski definition) is 0. The van der Waals surface area contributed by atoms with Crippen LogP contribution in [0.25, 0.3) is 11.0 Å². The number of carbonyl (C=O) groups is 1. The topological polar surface area (TPSA) is 49.3 Å².